The minimum Gasteiger partial charge on any atom is -0.455 e. The smallest absolute Gasteiger partial charge is 0.312 e. The van der Waals surface area contributed by atoms with Crippen LogP contribution >= 0.6 is 0 Å². The molecule has 1 heterocycles. The third-order valence-electron chi connectivity index (χ3n) is 6.94. The molecule has 0 radical (unpaired) electrons. The van der Waals surface area contributed by atoms with Crippen molar-refractivity contribution in [3.8, 4) is 0 Å². The summed E-state index contributed by atoms with van der Waals surface area (Å²) in [5.41, 5.74) is -1.39. The second-order valence-corrected chi connectivity index (χ2v) is 11.3. The average Bonchev–Trinajstić information content (AvgIpc) is 2.89. The molecule has 8 heteroatoms. The summed E-state index contributed by atoms with van der Waals surface area (Å²) in [4.78, 5) is 26.5. The SMILES string of the molecule is CN(C(=O)COC(=O)C12C[C@@H]3C[C@@H](CC(O)(C3)C1)C2)[C@@H]1CCS(=O)(=O)C1. The number of aliphatic hydroxyl groups is 1. The van der Waals surface area contributed by atoms with Crippen LogP contribution < -0.4 is 0 Å². The maximum atomic E-state index is 12.8. The van der Waals surface area contributed by atoms with Crippen LogP contribution in [0.3, 0.4) is 0 Å². The fourth-order valence-corrected chi connectivity index (χ4v) is 7.89. The lowest BCUT2D eigenvalue weighted by atomic mass is 9.48. The molecular formula is C18H27NO6S. The van der Waals surface area contributed by atoms with Crippen LogP contribution in [0.1, 0.15) is 44.9 Å². The molecule has 5 fully saturated rings. The van der Waals surface area contributed by atoms with Gasteiger partial charge in [0, 0.05) is 13.1 Å². The van der Waals surface area contributed by atoms with E-state index in [0.29, 0.717) is 24.7 Å². The topological polar surface area (TPSA) is 101 Å². The van der Waals surface area contributed by atoms with Gasteiger partial charge in [-0.25, -0.2) is 8.42 Å². The fourth-order valence-electron chi connectivity index (χ4n) is 6.12. The Morgan fingerprint density at radius 3 is 2.38 bits per heavy atom. The summed E-state index contributed by atoms with van der Waals surface area (Å²) in [7, 11) is -1.51. The van der Waals surface area contributed by atoms with Crippen molar-refractivity contribution in [3.63, 3.8) is 0 Å². The van der Waals surface area contributed by atoms with Gasteiger partial charge in [0.15, 0.2) is 16.4 Å². The van der Waals surface area contributed by atoms with Crippen LogP contribution in [0.2, 0.25) is 0 Å². The summed E-state index contributed by atoms with van der Waals surface area (Å²) >= 11 is 0. The molecule has 26 heavy (non-hydrogen) atoms. The Balaban J connectivity index is 1.36. The van der Waals surface area contributed by atoms with Gasteiger partial charge in [0.05, 0.1) is 22.5 Å². The summed E-state index contributed by atoms with van der Waals surface area (Å²) < 4.78 is 28.5. The monoisotopic (exact) mass is 385 g/mol. The average molecular weight is 385 g/mol. The van der Waals surface area contributed by atoms with E-state index in [1.165, 1.54) is 4.90 Å². The van der Waals surface area contributed by atoms with Gasteiger partial charge in [0.2, 0.25) is 0 Å². The second-order valence-electron chi connectivity index (χ2n) is 9.10. The lowest BCUT2D eigenvalue weighted by Crippen LogP contribution is -2.58. The van der Waals surface area contributed by atoms with Gasteiger partial charge >= 0.3 is 5.97 Å². The first-order valence-corrected chi connectivity index (χ1v) is 11.3. The molecule has 1 aliphatic heterocycles. The van der Waals surface area contributed by atoms with E-state index < -0.39 is 20.9 Å². The van der Waals surface area contributed by atoms with Gasteiger partial charge in [-0.2, -0.15) is 0 Å². The number of likely N-dealkylation sites (N-methyl/N-ethyl adjacent to an activating group) is 1. The van der Waals surface area contributed by atoms with Crippen LogP contribution in [0.4, 0.5) is 0 Å². The summed E-state index contributed by atoms with van der Waals surface area (Å²) in [5.74, 6) is 0.0738. The van der Waals surface area contributed by atoms with Gasteiger partial charge in [0.25, 0.3) is 5.91 Å². The molecule has 0 aromatic carbocycles. The number of rotatable bonds is 4. The summed E-state index contributed by atoms with van der Waals surface area (Å²) in [5, 5.41) is 10.7. The molecule has 4 aliphatic carbocycles. The highest BCUT2D eigenvalue weighted by atomic mass is 32.2. The van der Waals surface area contributed by atoms with E-state index in [0.717, 1.165) is 32.1 Å². The number of amides is 1. The first-order valence-electron chi connectivity index (χ1n) is 9.46. The Kier molecular flexibility index (Phi) is 4.15. The highest BCUT2D eigenvalue weighted by Gasteiger charge is 2.61. The van der Waals surface area contributed by atoms with E-state index in [4.69, 9.17) is 4.74 Å². The summed E-state index contributed by atoms with van der Waals surface area (Å²) in [6.07, 6.45) is 4.99. The Hall–Kier alpha value is -1.15. The van der Waals surface area contributed by atoms with Crippen molar-refractivity contribution in [3.05, 3.63) is 0 Å². The van der Waals surface area contributed by atoms with Crippen molar-refractivity contribution in [2.45, 2.75) is 56.6 Å². The molecule has 1 amide bonds. The highest BCUT2D eigenvalue weighted by Crippen LogP contribution is 2.61. The van der Waals surface area contributed by atoms with Gasteiger partial charge < -0.3 is 14.7 Å². The number of hydrogen-bond acceptors (Lipinski definition) is 6. The molecule has 0 spiro atoms. The molecule has 4 bridgehead atoms. The molecule has 5 aliphatic rings. The van der Waals surface area contributed by atoms with Crippen molar-refractivity contribution in [2.24, 2.45) is 17.3 Å². The number of hydrogen-bond donors (Lipinski definition) is 1. The minimum absolute atomic E-state index is 0.0243. The molecule has 4 saturated carbocycles. The van der Waals surface area contributed by atoms with Gasteiger partial charge in [-0.1, -0.05) is 0 Å². The Labute approximate surface area is 154 Å². The van der Waals surface area contributed by atoms with E-state index in [-0.39, 0.29) is 36.0 Å². The fraction of sp³-hybridized carbons (Fsp3) is 0.889. The van der Waals surface area contributed by atoms with Crippen LogP contribution in [0.25, 0.3) is 0 Å². The quantitative estimate of drug-likeness (QED) is 0.708. The molecule has 2 unspecified atom stereocenters. The predicted molar refractivity (Wildman–Crippen MR) is 92.9 cm³/mol. The lowest BCUT2D eigenvalue weighted by Gasteiger charge is -2.58. The van der Waals surface area contributed by atoms with Gasteiger partial charge in [-0.15, -0.1) is 0 Å². The Morgan fingerprint density at radius 2 is 1.85 bits per heavy atom. The van der Waals surface area contributed by atoms with Gasteiger partial charge in [-0.3, -0.25) is 9.59 Å². The van der Waals surface area contributed by atoms with Crippen molar-refractivity contribution in [2.75, 3.05) is 25.2 Å². The molecule has 1 saturated heterocycles. The van der Waals surface area contributed by atoms with Gasteiger partial charge in [0.1, 0.15) is 0 Å². The maximum Gasteiger partial charge on any atom is 0.312 e. The molecule has 5 rings (SSSR count). The normalized spacial score (nSPS) is 42.6. The van der Waals surface area contributed by atoms with E-state index in [9.17, 15) is 23.1 Å². The molecule has 0 aromatic heterocycles. The number of nitrogens with zero attached hydrogens (tertiary/aromatic N) is 1. The number of sulfone groups is 1. The van der Waals surface area contributed by atoms with Crippen molar-refractivity contribution < 1.29 is 27.9 Å². The zero-order valence-corrected chi connectivity index (χ0v) is 16.0. The number of ether oxygens (including phenoxy) is 1. The van der Waals surface area contributed by atoms with Crippen LogP contribution in [0.5, 0.6) is 0 Å². The van der Waals surface area contributed by atoms with E-state index >= 15 is 0 Å². The van der Waals surface area contributed by atoms with Crippen LogP contribution in [0, 0.1) is 17.3 Å². The molecular weight excluding hydrogens is 358 g/mol. The molecule has 146 valence electrons. The number of carbonyl (C=O) groups is 2. The van der Waals surface area contributed by atoms with E-state index in [2.05, 4.69) is 0 Å². The van der Waals surface area contributed by atoms with E-state index in [1.807, 2.05) is 0 Å². The minimum atomic E-state index is -3.07. The van der Waals surface area contributed by atoms with E-state index in [1.54, 1.807) is 7.05 Å². The molecule has 5 atom stereocenters. The van der Waals surface area contributed by atoms with Crippen LogP contribution in [-0.4, -0.2) is 67.1 Å². The first kappa shape index (κ1) is 18.2. The first-order chi connectivity index (χ1) is 12.1. The summed E-state index contributed by atoms with van der Waals surface area (Å²) in [6, 6.07) is -0.341. The van der Waals surface area contributed by atoms with Crippen molar-refractivity contribution in [1.82, 2.24) is 4.90 Å². The van der Waals surface area contributed by atoms with Crippen molar-refractivity contribution in [1.29, 1.82) is 0 Å². The largest absolute Gasteiger partial charge is 0.455 e. The third kappa shape index (κ3) is 3.15. The molecule has 7 nitrogen and oxygen atoms in total. The van der Waals surface area contributed by atoms with Gasteiger partial charge in [-0.05, 0) is 56.8 Å². The lowest BCUT2D eigenvalue weighted by molar-refractivity contribution is -0.197. The summed E-state index contributed by atoms with van der Waals surface area (Å²) in [6.45, 7) is -0.360. The maximum absolute atomic E-state index is 12.8. The number of esters is 1. The molecule has 1 N–H and O–H groups in total. The Bertz CT molecular complexity index is 718. The van der Waals surface area contributed by atoms with Crippen LogP contribution in [0.15, 0.2) is 0 Å². The number of carbonyl (C=O) groups excluding carboxylic acids is 2. The Morgan fingerprint density at radius 1 is 1.19 bits per heavy atom. The van der Waals surface area contributed by atoms with Crippen molar-refractivity contribution >= 4 is 21.7 Å². The zero-order chi connectivity index (χ0) is 18.7. The molecule has 0 aromatic rings. The van der Waals surface area contributed by atoms with Crippen LogP contribution in [-0.2, 0) is 24.2 Å². The zero-order valence-electron chi connectivity index (χ0n) is 15.1. The highest BCUT2D eigenvalue weighted by molar-refractivity contribution is 7.91. The predicted octanol–water partition coefficient (Wildman–Crippen LogP) is 0.506. The third-order valence-corrected chi connectivity index (χ3v) is 8.69. The second kappa shape index (κ2) is 5.92. The standard InChI is InChI=1S/C18H27NO6S/c1-19(14-2-3-26(23,24)10-14)15(20)9-25-16(21)17-5-12-4-13(6-17)8-18(22,7-12)11-17/h12-14,22H,2-11H2,1H3/t12-,13+,14-,17?,18?/m1/s1.